The summed E-state index contributed by atoms with van der Waals surface area (Å²) in [5.74, 6) is 0.487. The Bertz CT molecular complexity index is 870. The number of hydrogen-bond acceptors (Lipinski definition) is 4. The van der Waals surface area contributed by atoms with Crippen LogP contribution < -0.4 is 10.1 Å². The van der Waals surface area contributed by atoms with E-state index in [-0.39, 0.29) is 12.1 Å². The van der Waals surface area contributed by atoms with Crippen LogP contribution in [0.4, 0.5) is 0 Å². The highest BCUT2D eigenvalue weighted by atomic mass is 16.6. The summed E-state index contributed by atoms with van der Waals surface area (Å²) < 4.78 is 11.4. The van der Waals surface area contributed by atoms with Gasteiger partial charge in [-0.25, -0.2) is 0 Å². The van der Waals surface area contributed by atoms with Crippen LogP contribution in [0.2, 0.25) is 0 Å². The Kier molecular flexibility index (Phi) is 5.24. The smallest absolute Gasteiger partial charge is 0.303 e. The van der Waals surface area contributed by atoms with E-state index in [1.165, 1.54) is 6.92 Å². The van der Waals surface area contributed by atoms with Crippen LogP contribution in [-0.4, -0.2) is 36.3 Å². The molecule has 0 bridgehead atoms. The molecule has 2 aromatic carbocycles. The van der Waals surface area contributed by atoms with E-state index in [0.717, 1.165) is 27.6 Å². The lowest BCUT2D eigenvalue weighted by Crippen LogP contribution is -2.38. The molecule has 0 unspecified atom stereocenters. The van der Waals surface area contributed by atoms with Crippen molar-refractivity contribution in [2.24, 2.45) is 0 Å². The van der Waals surface area contributed by atoms with Gasteiger partial charge in [0.15, 0.2) is 0 Å². The summed E-state index contributed by atoms with van der Waals surface area (Å²) in [4.78, 5) is 14.7. The standard InChI is InChI=1S/C20H24N2O3/c1-13(2)21-11-15(25-14(3)23)12-24-19-10-6-9-18-20(19)16-7-4-5-8-17(16)22-18/h4-10,13,15,21-22H,11-12H2,1-3H3/t15-/m0/s1. The van der Waals surface area contributed by atoms with Crippen molar-refractivity contribution < 1.29 is 14.3 Å². The van der Waals surface area contributed by atoms with Crippen LogP contribution in [-0.2, 0) is 9.53 Å². The number of aromatic nitrogens is 1. The molecule has 0 fully saturated rings. The maximum absolute atomic E-state index is 11.3. The average molecular weight is 340 g/mol. The Morgan fingerprint density at radius 3 is 2.64 bits per heavy atom. The van der Waals surface area contributed by atoms with Crippen LogP contribution in [0.1, 0.15) is 20.8 Å². The Labute approximate surface area is 147 Å². The summed E-state index contributed by atoms with van der Waals surface area (Å²) in [6.45, 7) is 6.39. The number of nitrogens with one attached hydrogen (secondary N) is 2. The highest BCUT2D eigenvalue weighted by molar-refractivity contribution is 6.10. The lowest BCUT2D eigenvalue weighted by Gasteiger charge is -2.20. The van der Waals surface area contributed by atoms with E-state index >= 15 is 0 Å². The second-order valence-corrected chi connectivity index (χ2v) is 6.45. The number of hydrogen-bond donors (Lipinski definition) is 2. The zero-order chi connectivity index (χ0) is 17.8. The van der Waals surface area contributed by atoms with Gasteiger partial charge in [0.2, 0.25) is 0 Å². The number of aromatic amines is 1. The first-order valence-corrected chi connectivity index (χ1v) is 8.57. The fraction of sp³-hybridized carbons (Fsp3) is 0.350. The lowest BCUT2D eigenvalue weighted by molar-refractivity contribution is -0.147. The third-order valence-corrected chi connectivity index (χ3v) is 4.00. The van der Waals surface area contributed by atoms with Crippen LogP contribution in [0.25, 0.3) is 21.8 Å². The van der Waals surface area contributed by atoms with Gasteiger partial charge in [-0.1, -0.05) is 38.1 Å². The molecule has 3 aromatic rings. The molecule has 0 aliphatic carbocycles. The van der Waals surface area contributed by atoms with Crippen LogP contribution >= 0.6 is 0 Å². The molecule has 0 aliphatic rings. The fourth-order valence-electron chi connectivity index (χ4n) is 2.91. The number of esters is 1. The number of fused-ring (bicyclic) bond motifs is 3. The second-order valence-electron chi connectivity index (χ2n) is 6.45. The number of carbonyl (C=O) groups excluding carboxylic acids is 1. The van der Waals surface area contributed by atoms with Gasteiger partial charge in [0.1, 0.15) is 18.5 Å². The van der Waals surface area contributed by atoms with Gasteiger partial charge < -0.3 is 19.8 Å². The number of H-pyrrole nitrogens is 1. The van der Waals surface area contributed by atoms with Crippen molar-refractivity contribution in [1.82, 2.24) is 10.3 Å². The van der Waals surface area contributed by atoms with Crippen LogP contribution in [0.5, 0.6) is 5.75 Å². The fourth-order valence-corrected chi connectivity index (χ4v) is 2.91. The molecule has 1 aromatic heterocycles. The highest BCUT2D eigenvalue weighted by Crippen LogP contribution is 2.33. The number of para-hydroxylation sites is 1. The average Bonchev–Trinajstić information content (AvgIpc) is 2.96. The topological polar surface area (TPSA) is 63.4 Å². The predicted octanol–water partition coefficient (Wildman–Crippen LogP) is 3.63. The molecule has 1 heterocycles. The zero-order valence-corrected chi connectivity index (χ0v) is 14.8. The molecule has 0 saturated heterocycles. The minimum absolute atomic E-state index is 0.301. The Balaban J connectivity index is 1.82. The van der Waals surface area contributed by atoms with E-state index in [9.17, 15) is 4.79 Å². The molecular formula is C20H24N2O3. The van der Waals surface area contributed by atoms with Crippen molar-refractivity contribution in [1.29, 1.82) is 0 Å². The number of rotatable bonds is 7. The maximum atomic E-state index is 11.3. The van der Waals surface area contributed by atoms with Gasteiger partial charge in [0.05, 0.1) is 5.52 Å². The van der Waals surface area contributed by atoms with Crippen molar-refractivity contribution in [3.8, 4) is 5.75 Å². The van der Waals surface area contributed by atoms with Crippen molar-refractivity contribution >= 4 is 27.8 Å². The van der Waals surface area contributed by atoms with E-state index in [4.69, 9.17) is 9.47 Å². The van der Waals surface area contributed by atoms with E-state index in [1.807, 2.05) is 36.4 Å². The van der Waals surface area contributed by atoms with Crippen molar-refractivity contribution in [2.75, 3.05) is 13.2 Å². The molecule has 0 radical (unpaired) electrons. The van der Waals surface area contributed by atoms with Gasteiger partial charge in [-0.05, 0) is 18.2 Å². The van der Waals surface area contributed by atoms with Gasteiger partial charge in [-0.15, -0.1) is 0 Å². The number of ether oxygens (including phenoxy) is 2. The Morgan fingerprint density at radius 2 is 1.88 bits per heavy atom. The molecule has 0 aliphatic heterocycles. The van der Waals surface area contributed by atoms with Crippen LogP contribution in [0.15, 0.2) is 42.5 Å². The minimum atomic E-state index is -0.333. The molecular weight excluding hydrogens is 316 g/mol. The van der Waals surface area contributed by atoms with Crippen LogP contribution in [0, 0.1) is 0 Å². The maximum Gasteiger partial charge on any atom is 0.303 e. The predicted molar refractivity (Wildman–Crippen MR) is 100.0 cm³/mol. The Morgan fingerprint density at radius 1 is 1.12 bits per heavy atom. The number of benzene rings is 2. The largest absolute Gasteiger partial charge is 0.489 e. The molecule has 5 heteroatoms. The SMILES string of the molecule is CC(=O)O[C@@H](CNC(C)C)COc1cccc2[nH]c3ccccc3c12. The molecule has 5 nitrogen and oxygen atoms in total. The molecule has 132 valence electrons. The van der Waals surface area contributed by atoms with Crippen LogP contribution in [0.3, 0.4) is 0 Å². The van der Waals surface area contributed by atoms with E-state index in [1.54, 1.807) is 0 Å². The lowest BCUT2D eigenvalue weighted by atomic mass is 10.1. The molecule has 1 atom stereocenters. The Hall–Kier alpha value is -2.53. The van der Waals surface area contributed by atoms with E-state index in [2.05, 4.69) is 30.2 Å². The third-order valence-electron chi connectivity index (χ3n) is 4.00. The molecule has 2 N–H and O–H groups in total. The monoisotopic (exact) mass is 340 g/mol. The molecule has 0 amide bonds. The minimum Gasteiger partial charge on any atom is -0.489 e. The summed E-state index contributed by atoms with van der Waals surface area (Å²) in [6.07, 6.45) is -0.333. The van der Waals surface area contributed by atoms with E-state index in [0.29, 0.717) is 19.2 Å². The van der Waals surface area contributed by atoms with Gasteiger partial charge in [-0.2, -0.15) is 0 Å². The van der Waals surface area contributed by atoms with Gasteiger partial charge >= 0.3 is 5.97 Å². The van der Waals surface area contributed by atoms with Gasteiger partial charge in [-0.3, -0.25) is 4.79 Å². The molecule has 25 heavy (non-hydrogen) atoms. The first kappa shape index (κ1) is 17.3. The summed E-state index contributed by atoms with van der Waals surface area (Å²) in [7, 11) is 0. The van der Waals surface area contributed by atoms with E-state index < -0.39 is 0 Å². The quantitative estimate of drug-likeness (QED) is 0.645. The third kappa shape index (κ3) is 4.12. The zero-order valence-electron chi connectivity index (χ0n) is 14.8. The number of carbonyl (C=O) groups is 1. The molecule has 0 saturated carbocycles. The van der Waals surface area contributed by atoms with Crippen molar-refractivity contribution in [3.05, 3.63) is 42.5 Å². The molecule has 3 rings (SSSR count). The first-order valence-electron chi connectivity index (χ1n) is 8.57. The summed E-state index contributed by atoms with van der Waals surface area (Å²) >= 11 is 0. The molecule has 0 spiro atoms. The van der Waals surface area contributed by atoms with Crippen molar-refractivity contribution in [2.45, 2.75) is 32.9 Å². The van der Waals surface area contributed by atoms with Gasteiger partial charge in [0.25, 0.3) is 0 Å². The van der Waals surface area contributed by atoms with Gasteiger partial charge in [0, 0.05) is 35.8 Å². The highest BCUT2D eigenvalue weighted by Gasteiger charge is 2.15. The second kappa shape index (κ2) is 7.57. The summed E-state index contributed by atoms with van der Waals surface area (Å²) in [5.41, 5.74) is 2.11. The normalized spacial score (nSPS) is 12.6. The first-order chi connectivity index (χ1) is 12.0. The van der Waals surface area contributed by atoms with Crippen molar-refractivity contribution in [3.63, 3.8) is 0 Å². The summed E-state index contributed by atoms with van der Waals surface area (Å²) in [6, 6.07) is 14.4. The summed E-state index contributed by atoms with van der Waals surface area (Å²) in [5, 5.41) is 5.46.